The smallest absolute Gasteiger partial charge is 0.0626 e. The normalized spacial score (nSPS) is 14.7. The van der Waals surface area contributed by atoms with Gasteiger partial charge in [-0.1, -0.05) is 6.92 Å². The van der Waals surface area contributed by atoms with Crippen LogP contribution in [0.15, 0.2) is 33.2 Å². The Morgan fingerprint density at radius 2 is 2.39 bits per heavy atom. The van der Waals surface area contributed by atoms with Crippen molar-refractivity contribution in [2.24, 2.45) is 12.8 Å². The summed E-state index contributed by atoms with van der Waals surface area (Å²) in [5.41, 5.74) is 6.26. The molecule has 2 unspecified atom stereocenters. The van der Waals surface area contributed by atoms with Gasteiger partial charge in [0.2, 0.25) is 0 Å². The predicted octanol–water partition coefficient (Wildman–Crippen LogP) is 3.81. The summed E-state index contributed by atoms with van der Waals surface area (Å²) in [6.45, 7) is 2.13. The van der Waals surface area contributed by atoms with Crippen molar-refractivity contribution in [3.05, 3.63) is 33.2 Å². The third-order valence-corrected chi connectivity index (χ3v) is 5.94. The number of rotatable bonds is 5. The van der Waals surface area contributed by atoms with Crippen molar-refractivity contribution < 1.29 is 0 Å². The maximum Gasteiger partial charge on any atom is 0.0626 e. The number of thioether (sulfide) groups is 1. The van der Waals surface area contributed by atoms with Crippen LogP contribution in [0.5, 0.6) is 0 Å². The topological polar surface area (TPSA) is 43.8 Å². The minimum atomic E-state index is 0.153. The highest BCUT2D eigenvalue weighted by Crippen LogP contribution is 2.41. The molecule has 2 atom stereocenters. The second-order valence-electron chi connectivity index (χ2n) is 4.13. The summed E-state index contributed by atoms with van der Waals surface area (Å²) in [4.78, 5) is 2.47. The van der Waals surface area contributed by atoms with Gasteiger partial charge in [0.1, 0.15) is 0 Å². The Kier molecular flexibility index (Phi) is 4.89. The van der Waals surface area contributed by atoms with Gasteiger partial charge in [0, 0.05) is 38.9 Å². The second kappa shape index (κ2) is 6.23. The van der Waals surface area contributed by atoms with Crippen LogP contribution in [0, 0.1) is 0 Å². The fourth-order valence-corrected chi connectivity index (χ4v) is 4.63. The molecule has 0 saturated heterocycles. The third kappa shape index (κ3) is 3.38. The Balaban J connectivity index is 2.20. The molecule has 3 nitrogen and oxygen atoms in total. The van der Waals surface area contributed by atoms with E-state index in [1.807, 2.05) is 24.1 Å². The number of nitrogens with two attached hydrogens (primary N) is 1. The molecular formula is C12H16BrN3S2. The highest BCUT2D eigenvalue weighted by Gasteiger charge is 2.22. The molecule has 0 aliphatic carbocycles. The van der Waals surface area contributed by atoms with E-state index in [4.69, 9.17) is 5.73 Å². The quantitative estimate of drug-likeness (QED) is 0.837. The Bertz CT molecular complexity index is 509. The van der Waals surface area contributed by atoms with Crippen molar-refractivity contribution in [1.82, 2.24) is 9.78 Å². The lowest BCUT2D eigenvalue weighted by Gasteiger charge is -2.20. The number of thiophene rings is 1. The van der Waals surface area contributed by atoms with Gasteiger partial charge in [-0.25, -0.2) is 0 Å². The first-order chi connectivity index (χ1) is 8.60. The van der Waals surface area contributed by atoms with E-state index in [0.717, 1.165) is 15.8 Å². The van der Waals surface area contributed by atoms with E-state index < -0.39 is 0 Å². The van der Waals surface area contributed by atoms with Crippen molar-refractivity contribution in [3.63, 3.8) is 0 Å². The molecule has 0 amide bonds. The molecule has 2 aromatic heterocycles. The average Bonchev–Trinajstić information content (AvgIpc) is 2.94. The van der Waals surface area contributed by atoms with Crippen molar-refractivity contribution in [1.29, 1.82) is 0 Å². The lowest BCUT2D eigenvalue weighted by molar-refractivity contribution is 0.640. The van der Waals surface area contributed by atoms with E-state index >= 15 is 0 Å². The summed E-state index contributed by atoms with van der Waals surface area (Å²) in [5, 5.41) is 6.60. The van der Waals surface area contributed by atoms with Crippen LogP contribution in [0.1, 0.15) is 23.5 Å². The molecule has 0 spiro atoms. The van der Waals surface area contributed by atoms with Crippen molar-refractivity contribution in [2.45, 2.75) is 29.5 Å². The van der Waals surface area contributed by atoms with E-state index in [-0.39, 0.29) is 11.3 Å². The maximum absolute atomic E-state index is 6.26. The largest absolute Gasteiger partial charge is 0.326 e. The highest BCUT2D eigenvalue weighted by atomic mass is 79.9. The zero-order chi connectivity index (χ0) is 13.1. The molecule has 0 aromatic carbocycles. The lowest BCUT2D eigenvalue weighted by atomic mass is 10.1. The molecule has 0 aliphatic rings. The number of aromatic nitrogens is 2. The SMILES string of the molecule is CCC(N)C(Sc1cnn(C)c1)c1cc(Br)cs1. The zero-order valence-electron chi connectivity index (χ0n) is 10.3. The van der Waals surface area contributed by atoms with Gasteiger partial charge < -0.3 is 5.73 Å². The molecule has 0 fully saturated rings. The molecule has 98 valence electrons. The van der Waals surface area contributed by atoms with Gasteiger partial charge in [-0.3, -0.25) is 4.68 Å². The van der Waals surface area contributed by atoms with E-state index in [1.165, 1.54) is 4.88 Å². The van der Waals surface area contributed by atoms with Gasteiger partial charge in [-0.2, -0.15) is 5.10 Å². The Morgan fingerprint density at radius 1 is 1.61 bits per heavy atom. The van der Waals surface area contributed by atoms with Crippen molar-refractivity contribution >= 4 is 39.0 Å². The summed E-state index contributed by atoms with van der Waals surface area (Å²) < 4.78 is 2.95. The van der Waals surface area contributed by atoms with Gasteiger partial charge in [-0.15, -0.1) is 23.1 Å². The first kappa shape index (κ1) is 14.1. The standard InChI is InChI=1S/C12H16BrN3S2/c1-3-10(14)12(11-4-8(13)7-17-11)18-9-5-15-16(2)6-9/h4-7,10,12H,3,14H2,1-2H3. The summed E-state index contributed by atoms with van der Waals surface area (Å²) in [5.74, 6) is 0. The number of halogens is 1. The van der Waals surface area contributed by atoms with Crippen molar-refractivity contribution in [2.75, 3.05) is 0 Å². The van der Waals surface area contributed by atoms with Gasteiger partial charge in [-0.05, 0) is 28.4 Å². The molecule has 0 aliphatic heterocycles. The predicted molar refractivity (Wildman–Crippen MR) is 82.1 cm³/mol. The molecule has 18 heavy (non-hydrogen) atoms. The molecule has 0 bridgehead atoms. The van der Waals surface area contributed by atoms with Crippen LogP contribution in [0.4, 0.5) is 0 Å². The Labute approximate surface area is 124 Å². The highest BCUT2D eigenvalue weighted by molar-refractivity contribution is 9.10. The molecular weight excluding hydrogens is 330 g/mol. The van der Waals surface area contributed by atoms with E-state index in [0.29, 0.717) is 0 Å². The zero-order valence-corrected chi connectivity index (χ0v) is 13.6. The summed E-state index contributed by atoms with van der Waals surface area (Å²) in [6.07, 6.45) is 4.89. The molecule has 6 heteroatoms. The Hall–Kier alpha value is -0.300. The summed E-state index contributed by atoms with van der Waals surface area (Å²) >= 11 is 7.05. The van der Waals surface area contributed by atoms with Crippen LogP contribution < -0.4 is 5.73 Å². The van der Waals surface area contributed by atoms with Crippen LogP contribution >= 0.6 is 39.0 Å². The van der Waals surface area contributed by atoms with Gasteiger partial charge in [0.05, 0.1) is 11.4 Å². The molecule has 2 heterocycles. The maximum atomic E-state index is 6.26. The summed E-state index contributed by atoms with van der Waals surface area (Å²) in [6, 6.07) is 2.31. The third-order valence-electron chi connectivity index (χ3n) is 2.67. The van der Waals surface area contributed by atoms with Crippen LogP contribution in [0.3, 0.4) is 0 Å². The molecule has 0 radical (unpaired) electrons. The lowest BCUT2D eigenvalue weighted by Crippen LogP contribution is -2.25. The van der Waals surface area contributed by atoms with Crippen LogP contribution in [-0.2, 0) is 7.05 Å². The number of nitrogens with zero attached hydrogens (tertiary/aromatic N) is 2. The fourth-order valence-electron chi connectivity index (χ4n) is 1.65. The van der Waals surface area contributed by atoms with E-state index in [2.05, 4.69) is 39.4 Å². The van der Waals surface area contributed by atoms with E-state index in [9.17, 15) is 0 Å². The number of aryl methyl sites for hydroxylation is 1. The minimum absolute atomic E-state index is 0.153. The van der Waals surface area contributed by atoms with E-state index in [1.54, 1.807) is 23.1 Å². The Morgan fingerprint density at radius 3 is 2.89 bits per heavy atom. The van der Waals surface area contributed by atoms with Crippen LogP contribution in [0.25, 0.3) is 0 Å². The summed E-state index contributed by atoms with van der Waals surface area (Å²) in [7, 11) is 1.93. The monoisotopic (exact) mass is 345 g/mol. The number of hydrogen-bond donors (Lipinski definition) is 1. The number of hydrogen-bond acceptors (Lipinski definition) is 4. The van der Waals surface area contributed by atoms with Gasteiger partial charge >= 0.3 is 0 Å². The average molecular weight is 346 g/mol. The molecule has 2 N–H and O–H groups in total. The minimum Gasteiger partial charge on any atom is -0.326 e. The first-order valence-electron chi connectivity index (χ1n) is 5.75. The molecule has 0 saturated carbocycles. The van der Waals surface area contributed by atoms with Gasteiger partial charge in [0.15, 0.2) is 0 Å². The van der Waals surface area contributed by atoms with Gasteiger partial charge in [0.25, 0.3) is 0 Å². The first-order valence-corrected chi connectivity index (χ1v) is 8.30. The fraction of sp³-hybridized carbons (Fsp3) is 0.417. The molecule has 2 aromatic rings. The second-order valence-corrected chi connectivity index (χ2v) is 7.20. The molecule has 2 rings (SSSR count). The van der Waals surface area contributed by atoms with Crippen LogP contribution in [0.2, 0.25) is 0 Å². The van der Waals surface area contributed by atoms with Crippen molar-refractivity contribution in [3.8, 4) is 0 Å². The van der Waals surface area contributed by atoms with Crippen LogP contribution in [-0.4, -0.2) is 15.8 Å².